The molecule has 26 heavy (non-hydrogen) atoms. The lowest BCUT2D eigenvalue weighted by Crippen LogP contribution is -2.26. The van der Waals surface area contributed by atoms with Crippen LogP contribution in [0, 0.1) is 0 Å². The summed E-state index contributed by atoms with van der Waals surface area (Å²) in [7, 11) is -3.71. The van der Waals surface area contributed by atoms with Gasteiger partial charge in [-0.15, -0.1) is 0 Å². The first-order chi connectivity index (χ1) is 12.4. The van der Waals surface area contributed by atoms with E-state index in [1.165, 1.54) is 12.1 Å². The summed E-state index contributed by atoms with van der Waals surface area (Å²) in [5, 5.41) is 2.68. The van der Waals surface area contributed by atoms with Crippen molar-refractivity contribution >= 4 is 21.6 Å². The average molecular weight is 376 g/mol. The molecular weight excluding hydrogens is 356 g/mol. The summed E-state index contributed by atoms with van der Waals surface area (Å²) < 4.78 is 38.4. The van der Waals surface area contributed by atoms with E-state index >= 15 is 0 Å². The van der Waals surface area contributed by atoms with Crippen LogP contribution in [0.15, 0.2) is 47.4 Å². The molecule has 0 radical (unpaired) electrons. The van der Waals surface area contributed by atoms with E-state index in [2.05, 4.69) is 10.0 Å². The number of benzene rings is 2. The van der Waals surface area contributed by atoms with Crippen LogP contribution in [0.1, 0.15) is 31.9 Å². The second-order valence-electron chi connectivity index (χ2n) is 5.88. The summed E-state index contributed by atoms with van der Waals surface area (Å²) in [6.07, 6.45) is 0.356. The SMILES string of the molecule is CCC(=O)Nc1ccc(S(=O)(=O)NC(C)c2ccc3c(c2)OCO3)cc1. The van der Waals surface area contributed by atoms with Crippen LogP contribution in [-0.2, 0) is 14.8 Å². The van der Waals surface area contributed by atoms with Gasteiger partial charge in [0.1, 0.15) is 0 Å². The lowest BCUT2D eigenvalue weighted by molar-refractivity contribution is -0.115. The fraction of sp³-hybridized carbons (Fsp3) is 0.278. The summed E-state index contributed by atoms with van der Waals surface area (Å²) in [4.78, 5) is 11.5. The second-order valence-corrected chi connectivity index (χ2v) is 7.60. The van der Waals surface area contributed by atoms with Gasteiger partial charge in [0, 0.05) is 18.2 Å². The van der Waals surface area contributed by atoms with Gasteiger partial charge in [0.25, 0.3) is 0 Å². The molecule has 138 valence electrons. The highest BCUT2D eigenvalue weighted by atomic mass is 32.2. The molecular formula is C18H20N2O5S. The third kappa shape index (κ3) is 3.97. The summed E-state index contributed by atoms with van der Waals surface area (Å²) in [5.41, 5.74) is 1.32. The Labute approximate surface area is 152 Å². The number of fused-ring (bicyclic) bond motifs is 1. The molecule has 8 heteroatoms. The van der Waals surface area contributed by atoms with Crippen molar-refractivity contribution in [2.75, 3.05) is 12.1 Å². The second kappa shape index (κ2) is 7.35. The Kier molecular flexibility index (Phi) is 5.15. The van der Waals surface area contributed by atoms with Gasteiger partial charge in [-0.3, -0.25) is 4.79 Å². The number of amides is 1. The third-order valence-corrected chi connectivity index (χ3v) is 5.55. The number of carbonyl (C=O) groups is 1. The van der Waals surface area contributed by atoms with Crippen LogP contribution >= 0.6 is 0 Å². The van der Waals surface area contributed by atoms with Crippen molar-refractivity contribution in [3.8, 4) is 11.5 Å². The molecule has 0 saturated heterocycles. The molecule has 1 unspecified atom stereocenters. The van der Waals surface area contributed by atoms with Gasteiger partial charge in [-0.2, -0.15) is 0 Å². The predicted molar refractivity (Wildman–Crippen MR) is 96.7 cm³/mol. The molecule has 0 aliphatic carbocycles. The first kappa shape index (κ1) is 18.2. The van der Waals surface area contributed by atoms with Crippen LogP contribution in [-0.4, -0.2) is 21.1 Å². The Morgan fingerprint density at radius 1 is 1.12 bits per heavy atom. The molecule has 0 fully saturated rings. The van der Waals surface area contributed by atoms with Crippen LogP contribution in [0.5, 0.6) is 11.5 Å². The standard InChI is InChI=1S/C18H20N2O5S/c1-3-18(21)19-14-5-7-15(8-6-14)26(22,23)20-12(2)13-4-9-16-17(10-13)25-11-24-16/h4-10,12,20H,3,11H2,1-2H3,(H,19,21). The maximum atomic E-state index is 12.6. The molecule has 1 heterocycles. The van der Waals surface area contributed by atoms with Crippen LogP contribution in [0.25, 0.3) is 0 Å². The fourth-order valence-electron chi connectivity index (χ4n) is 2.52. The lowest BCUT2D eigenvalue weighted by atomic mass is 10.1. The first-order valence-electron chi connectivity index (χ1n) is 8.21. The van der Waals surface area contributed by atoms with Crippen LogP contribution < -0.4 is 19.5 Å². The number of hydrogen-bond donors (Lipinski definition) is 2. The van der Waals surface area contributed by atoms with Crippen LogP contribution in [0.2, 0.25) is 0 Å². The lowest BCUT2D eigenvalue weighted by Gasteiger charge is -2.15. The Morgan fingerprint density at radius 2 is 1.81 bits per heavy atom. The maximum absolute atomic E-state index is 12.6. The van der Waals surface area contributed by atoms with E-state index in [0.717, 1.165) is 5.56 Å². The Morgan fingerprint density at radius 3 is 2.50 bits per heavy atom. The molecule has 1 atom stereocenters. The van der Waals surface area contributed by atoms with Crippen molar-refractivity contribution in [1.82, 2.24) is 4.72 Å². The minimum atomic E-state index is -3.71. The number of carbonyl (C=O) groups excluding carboxylic acids is 1. The molecule has 3 rings (SSSR count). The summed E-state index contributed by atoms with van der Waals surface area (Å²) in [6, 6.07) is 10.9. The van der Waals surface area contributed by atoms with Gasteiger partial charge >= 0.3 is 0 Å². The number of anilines is 1. The molecule has 2 N–H and O–H groups in total. The minimum Gasteiger partial charge on any atom is -0.454 e. The van der Waals surface area contributed by atoms with E-state index in [0.29, 0.717) is 23.6 Å². The molecule has 1 aliphatic heterocycles. The topological polar surface area (TPSA) is 93.7 Å². The van der Waals surface area contributed by atoms with Crippen molar-refractivity contribution in [3.63, 3.8) is 0 Å². The fourth-order valence-corrected chi connectivity index (χ4v) is 3.75. The van der Waals surface area contributed by atoms with E-state index in [1.807, 2.05) is 0 Å². The van der Waals surface area contributed by atoms with Gasteiger partial charge in [-0.05, 0) is 48.9 Å². The Hall–Kier alpha value is -2.58. The summed E-state index contributed by atoms with van der Waals surface area (Å²) in [6.45, 7) is 3.67. The Bertz CT molecular complexity index is 910. The first-order valence-corrected chi connectivity index (χ1v) is 9.69. The highest BCUT2D eigenvalue weighted by Crippen LogP contribution is 2.34. The molecule has 0 bridgehead atoms. The van der Waals surface area contributed by atoms with Gasteiger partial charge in [0.05, 0.1) is 4.90 Å². The highest BCUT2D eigenvalue weighted by molar-refractivity contribution is 7.89. The number of hydrogen-bond acceptors (Lipinski definition) is 5. The molecule has 1 amide bonds. The molecule has 0 saturated carbocycles. The Balaban J connectivity index is 1.72. The van der Waals surface area contributed by atoms with E-state index in [-0.39, 0.29) is 17.6 Å². The molecule has 2 aromatic rings. The number of rotatable bonds is 6. The highest BCUT2D eigenvalue weighted by Gasteiger charge is 2.21. The predicted octanol–water partition coefficient (Wildman–Crippen LogP) is 2.80. The van der Waals surface area contributed by atoms with Crippen molar-refractivity contribution < 1.29 is 22.7 Å². The zero-order valence-electron chi connectivity index (χ0n) is 14.5. The zero-order valence-corrected chi connectivity index (χ0v) is 15.3. The monoisotopic (exact) mass is 376 g/mol. The normalized spacial score (nSPS) is 14.1. The van der Waals surface area contributed by atoms with Gasteiger partial charge in [0.15, 0.2) is 11.5 Å². The number of nitrogens with one attached hydrogen (secondary N) is 2. The van der Waals surface area contributed by atoms with Gasteiger partial charge in [0.2, 0.25) is 22.7 Å². The van der Waals surface area contributed by atoms with Crippen molar-refractivity contribution in [2.24, 2.45) is 0 Å². The smallest absolute Gasteiger partial charge is 0.241 e. The van der Waals surface area contributed by atoms with E-state index in [1.54, 1.807) is 44.2 Å². The molecule has 1 aliphatic rings. The van der Waals surface area contributed by atoms with Gasteiger partial charge in [-0.1, -0.05) is 13.0 Å². The molecule has 0 aromatic heterocycles. The minimum absolute atomic E-state index is 0.125. The molecule has 0 spiro atoms. The van der Waals surface area contributed by atoms with Crippen molar-refractivity contribution in [2.45, 2.75) is 31.2 Å². The van der Waals surface area contributed by atoms with Crippen molar-refractivity contribution in [3.05, 3.63) is 48.0 Å². The maximum Gasteiger partial charge on any atom is 0.241 e. The van der Waals surface area contributed by atoms with Crippen LogP contribution in [0.3, 0.4) is 0 Å². The van der Waals surface area contributed by atoms with E-state index in [4.69, 9.17) is 9.47 Å². The summed E-state index contributed by atoms with van der Waals surface area (Å²) in [5.74, 6) is 1.12. The largest absolute Gasteiger partial charge is 0.454 e. The van der Waals surface area contributed by atoms with E-state index < -0.39 is 16.1 Å². The van der Waals surface area contributed by atoms with Crippen LogP contribution in [0.4, 0.5) is 5.69 Å². The zero-order chi connectivity index (χ0) is 18.7. The quantitative estimate of drug-likeness (QED) is 0.809. The van der Waals surface area contributed by atoms with Crippen molar-refractivity contribution in [1.29, 1.82) is 0 Å². The van der Waals surface area contributed by atoms with Gasteiger partial charge in [-0.25, -0.2) is 13.1 Å². The summed E-state index contributed by atoms with van der Waals surface area (Å²) >= 11 is 0. The third-order valence-electron chi connectivity index (χ3n) is 4.00. The van der Waals surface area contributed by atoms with Gasteiger partial charge < -0.3 is 14.8 Å². The molecule has 2 aromatic carbocycles. The number of ether oxygens (including phenoxy) is 2. The number of sulfonamides is 1. The van der Waals surface area contributed by atoms with E-state index in [9.17, 15) is 13.2 Å². The molecule has 7 nitrogen and oxygen atoms in total. The average Bonchev–Trinajstić information content (AvgIpc) is 3.09.